The van der Waals surface area contributed by atoms with E-state index in [-0.39, 0.29) is 17.5 Å². The van der Waals surface area contributed by atoms with Crippen LogP contribution >= 0.6 is 0 Å². The Morgan fingerprint density at radius 2 is 2.07 bits per heavy atom. The lowest BCUT2D eigenvalue weighted by atomic mass is 10.1. The Kier molecular flexibility index (Phi) is 5.88. The first-order chi connectivity index (χ1) is 13.5. The summed E-state index contributed by atoms with van der Waals surface area (Å²) in [6.45, 7) is 2.59. The van der Waals surface area contributed by atoms with Gasteiger partial charge in [0.1, 0.15) is 28.9 Å². The molecule has 0 radical (unpaired) electrons. The summed E-state index contributed by atoms with van der Waals surface area (Å²) in [5.74, 6) is 0.237. The summed E-state index contributed by atoms with van der Waals surface area (Å²) in [7, 11) is 1.67. The third kappa shape index (κ3) is 4.28. The van der Waals surface area contributed by atoms with E-state index in [1.165, 1.54) is 23.0 Å². The first kappa shape index (κ1) is 19.3. The van der Waals surface area contributed by atoms with Crippen LogP contribution in [-0.4, -0.2) is 27.3 Å². The van der Waals surface area contributed by atoms with Gasteiger partial charge in [0.15, 0.2) is 0 Å². The molecule has 2 heterocycles. The molecule has 8 heteroatoms. The van der Waals surface area contributed by atoms with E-state index in [4.69, 9.17) is 10.5 Å². The highest BCUT2D eigenvalue weighted by molar-refractivity contribution is 6.02. The quantitative estimate of drug-likeness (QED) is 0.608. The second kappa shape index (κ2) is 8.51. The zero-order valence-electron chi connectivity index (χ0n) is 15.8. The second-order valence-electron chi connectivity index (χ2n) is 6.27. The van der Waals surface area contributed by atoms with Gasteiger partial charge in [-0.1, -0.05) is 13.3 Å². The number of hydrogen-bond donors (Lipinski definition) is 2. The normalized spacial score (nSPS) is 10.7. The van der Waals surface area contributed by atoms with Crippen LogP contribution in [-0.2, 0) is 7.05 Å². The Labute approximate surface area is 162 Å². The highest BCUT2D eigenvalue weighted by Crippen LogP contribution is 2.34. The molecule has 1 aromatic carbocycles. The van der Waals surface area contributed by atoms with Crippen LogP contribution in [0.25, 0.3) is 11.1 Å². The highest BCUT2D eigenvalue weighted by Gasteiger charge is 2.15. The molecule has 3 rings (SSSR count). The molecular weight excluding hydrogens is 361 g/mol. The van der Waals surface area contributed by atoms with Crippen molar-refractivity contribution in [2.75, 3.05) is 17.7 Å². The second-order valence-corrected chi connectivity index (χ2v) is 6.27. The minimum absolute atomic E-state index is 0.161. The Morgan fingerprint density at radius 1 is 1.25 bits per heavy atom. The van der Waals surface area contributed by atoms with Crippen molar-refractivity contribution in [2.24, 2.45) is 7.05 Å². The van der Waals surface area contributed by atoms with Gasteiger partial charge in [-0.15, -0.1) is 0 Å². The predicted octanol–water partition coefficient (Wildman–Crippen LogP) is 3.63. The Balaban J connectivity index is 1.85. The summed E-state index contributed by atoms with van der Waals surface area (Å²) in [4.78, 5) is 16.5. The maximum Gasteiger partial charge on any atom is 0.275 e. The standard InChI is InChI=1S/C20H22FN5O2/c1-3-4-11-28-17-7-5-13(21)12-15(17)14-6-8-18(24-19(14)22)25-20(27)16-9-10-23-26(16)2/h5-10,12H,3-4,11H2,1-2H3,(H3,22,24,25,27). The molecule has 0 spiro atoms. The zero-order valence-corrected chi connectivity index (χ0v) is 15.8. The molecule has 0 saturated heterocycles. The number of aryl methyl sites for hydroxylation is 1. The number of ether oxygens (including phenoxy) is 1. The number of nitrogens with two attached hydrogens (primary N) is 1. The predicted molar refractivity (Wildman–Crippen MR) is 106 cm³/mol. The molecular formula is C20H22FN5O2. The monoisotopic (exact) mass is 383 g/mol. The number of halogens is 1. The number of nitrogens with zero attached hydrogens (tertiary/aromatic N) is 3. The minimum Gasteiger partial charge on any atom is -0.493 e. The molecule has 0 aliphatic carbocycles. The SMILES string of the molecule is CCCCOc1ccc(F)cc1-c1ccc(NC(=O)c2ccnn2C)nc1N. The van der Waals surface area contributed by atoms with E-state index in [9.17, 15) is 9.18 Å². The number of pyridine rings is 1. The van der Waals surface area contributed by atoms with Gasteiger partial charge >= 0.3 is 0 Å². The van der Waals surface area contributed by atoms with E-state index in [1.54, 1.807) is 31.3 Å². The van der Waals surface area contributed by atoms with Crippen LogP contribution in [0.3, 0.4) is 0 Å². The van der Waals surface area contributed by atoms with Crippen LogP contribution in [0.1, 0.15) is 30.3 Å². The first-order valence-electron chi connectivity index (χ1n) is 8.98. The van der Waals surface area contributed by atoms with Gasteiger partial charge in [-0.2, -0.15) is 5.10 Å². The fourth-order valence-corrected chi connectivity index (χ4v) is 2.71. The maximum absolute atomic E-state index is 13.8. The van der Waals surface area contributed by atoms with Crippen LogP contribution in [0.15, 0.2) is 42.6 Å². The van der Waals surface area contributed by atoms with Gasteiger partial charge in [0.2, 0.25) is 0 Å². The number of unbranched alkanes of at least 4 members (excludes halogenated alkanes) is 1. The van der Waals surface area contributed by atoms with Crippen LogP contribution in [0.4, 0.5) is 16.0 Å². The lowest BCUT2D eigenvalue weighted by molar-refractivity contribution is 0.101. The number of carbonyl (C=O) groups is 1. The number of nitrogen functional groups attached to an aromatic ring is 1. The number of amides is 1. The van der Waals surface area contributed by atoms with Crippen molar-refractivity contribution in [2.45, 2.75) is 19.8 Å². The molecule has 0 bridgehead atoms. The smallest absolute Gasteiger partial charge is 0.275 e. The Hall–Kier alpha value is -3.42. The number of hydrogen-bond acceptors (Lipinski definition) is 5. The lowest BCUT2D eigenvalue weighted by Gasteiger charge is -2.14. The van der Waals surface area contributed by atoms with Crippen molar-refractivity contribution in [3.63, 3.8) is 0 Å². The molecule has 0 atom stereocenters. The zero-order chi connectivity index (χ0) is 20.1. The molecule has 0 fully saturated rings. The molecule has 0 unspecified atom stereocenters. The maximum atomic E-state index is 13.8. The number of carbonyl (C=O) groups excluding carboxylic acids is 1. The van der Waals surface area contributed by atoms with E-state index in [0.717, 1.165) is 12.8 Å². The van der Waals surface area contributed by atoms with Gasteiger partial charge < -0.3 is 15.8 Å². The third-order valence-electron chi connectivity index (χ3n) is 4.21. The third-order valence-corrected chi connectivity index (χ3v) is 4.21. The molecule has 2 aromatic heterocycles. The summed E-state index contributed by atoms with van der Waals surface area (Å²) in [6, 6.07) is 9.18. The van der Waals surface area contributed by atoms with Gasteiger partial charge in [-0.3, -0.25) is 9.48 Å². The van der Waals surface area contributed by atoms with Crippen molar-refractivity contribution in [3.05, 3.63) is 54.1 Å². The van der Waals surface area contributed by atoms with Gasteiger partial charge in [-0.25, -0.2) is 9.37 Å². The molecule has 7 nitrogen and oxygen atoms in total. The van der Waals surface area contributed by atoms with Gasteiger partial charge in [0.05, 0.1) is 6.61 Å². The highest BCUT2D eigenvalue weighted by atomic mass is 19.1. The summed E-state index contributed by atoms with van der Waals surface area (Å²) < 4.78 is 21.0. The number of anilines is 2. The van der Waals surface area contributed by atoms with E-state index in [0.29, 0.717) is 29.2 Å². The molecule has 0 aliphatic heterocycles. The molecule has 0 saturated carbocycles. The summed E-state index contributed by atoms with van der Waals surface area (Å²) in [6.07, 6.45) is 3.42. The molecule has 3 aromatic rings. The number of rotatable bonds is 7. The minimum atomic E-state index is -0.397. The van der Waals surface area contributed by atoms with E-state index in [2.05, 4.69) is 22.3 Å². The van der Waals surface area contributed by atoms with Crippen molar-refractivity contribution < 1.29 is 13.9 Å². The molecule has 1 amide bonds. The van der Waals surface area contributed by atoms with Crippen molar-refractivity contribution in [1.29, 1.82) is 0 Å². The summed E-state index contributed by atoms with van der Waals surface area (Å²) in [5.41, 5.74) is 7.53. The van der Waals surface area contributed by atoms with Crippen LogP contribution in [0.2, 0.25) is 0 Å². The van der Waals surface area contributed by atoms with Crippen molar-refractivity contribution in [1.82, 2.24) is 14.8 Å². The number of aromatic nitrogens is 3. The lowest BCUT2D eigenvalue weighted by Crippen LogP contribution is -2.17. The van der Waals surface area contributed by atoms with Gasteiger partial charge in [-0.05, 0) is 42.8 Å². The van der Waals surface area contributed by atoms with Crippen LogP contribution in [0.5, 0.6) is 5.75 Å². The molecule has 146 valence electrons. The summed E-state index contributed by atoms with van der Waals surface area (Å²) in [5, 5.41) is 6.64. The average molecular weight is 383 g/mol. The number of nitrogens with one attached hydrogen (secondary N) is 1. The van der Waals surface area contributed by atoms with Crippen molar-refractivity contribution >= 4 is 17.5 Å². The van der Waals surface area contributed by atoms with E-state index >= 15 is 0 Å². The number of benzene rings is 1. The van der Waals surface area contributed by atoms with Gasteiger partial charge in [0.25, 0.3) is 5.91 Å². The van der Waals surface area contributed by atoms with Crippen molar-refractivity contribution in [3.8, 4) is 16.9 Å². The van der Waals surface area contributed by atoms with Gasteiger partial charge in [0, 0.05) is 24.4 Å². The van der Waals surface area contributed by atoms with Crippen LogP contribution < -0.4 is 15.8 Å². The van der Waals surface area contributed by atoms with E-state index < -0.39 is 5.82 Å². The molecule has 0 aliphatic rings. The Bertz CT molecular complexity index is 986. The fraction of sp³-hybridized carbons (Fsp3) is 0.250. The topological polar surface area (TPSA) is 95.1 Å². The molecule has 28 heavy (non-hydrogen) atoms. The Morgan fingerprint density at radius 3 is 2.75 bits per heavy atom. The van der Waals surface area contributed by atoms with E-state index in [1.807, 2.05) is 0 Å². The molecule has 3 N–H and O–H groups in total. The largest absolute Gasteiger partial charge is 0.493 e. The first-order valence-corrected chi connectivity index (χ1v) is 8.98. The summed E-state index contributed by atoms with van der Waals surface area (Å²) >= 11 is 0. The fourth-order valence-electron chi connectivity index (χ4n) is 2.71. The average Bonchev–Trinajstić information content (AvgIpc) is 3.09. The van der Waals surface area contributed by atoms with Crippen LogP contribution in [0, 0.1) is 5.82 Å².